The molecule has 0 unspecified atom stereocenters. The van der Waals surface area contributed by atoms with E-state index in [9.17, 15) is 13.2 Å². The molecule has 150 valence electrons. The molecular weight excluding hydrogens is 386 g/mol. The van der Waals surface area contributed by atoms with Crippen LogP contribution in [0.3, 0.4) is 0 Å². The minimum Gasteiger partial charge on any atom is -0.352 e. The van der Waals surface area contributed by atoms with Crippen LogP contribution < -0.4 is 5.32 Å². The Kier molecular flexibility index (Phi) is 5.60. The Hall–Kier alpha value is -2.77. The van der Waals surface area contributed by atoms with Gasteiger partial charge in [-0.1, -0.05) is 30.3 Å². The van der Waals surface area contributed by atoms with Gasteiger partial charge in [0.2, 0.25) is 10.0 Å². The Labute approximate surface area is 170 Å². The smallest absolute Gasteiger partial charge is 0.251 e. The molecule has 3 aromatic rings. The Balaban J connectivity index is 1.32. The van der Waals surface area contributed by atoms with Gasteiger partial charge < -0.3 is 5.32 Å². The highest BCUT2D eigenvalue weighted by Gasteiger charge is 2.29. The summed E-state index contributed by atoms with van der Waals surface area (Å²) in [5.74, 6) is 0.168. The van der Waals surface area contributed by atoms with Gasteiger partial charge in [0.1, 0.15) is 4.90 Å². The van der Waals surface area contributed by atoms with Crippen LogP contribution in [0.25, 0.3) is 10.8 Å². The predicted octanol–water partition coefficient (Wildman–Crippen LogP) is 3.07. The van der Waals surface area contributed by atoms with Gasteiger partial charge in [-0.2, -0.15) is 4.31 Å². The summed E-state index contributed by atoms with van der Waals surface area (Å²) in [7, 11) is -3.50. The Morgan fingerprint density at radius 2 is 1.79 bits per heavy atom. The lowest BCUT2D eigenvalue weighted by Gasteiger charge is -2.31. The van der Waals surface area contributed by atoms with E-state index in [1.54, 1.807) is 18.3 Å². The van der Waals surface area contributed by atoms with Gasteiger partial charge in [0.05, 0.1) is 0 Å². The number of piperidine rings is 1. The molecule has 0 aliphatic carbocycles. The number of pyridine rings is 1. The van der Waals surface area contributed by atoms with E-state index in [0.717, 1.165) is 23.6 Å². The molecule has 1 saturated heterocycles. The van der Waals surface area contributed by atoms with Crippen LogP contribution in [0.15, 0.2) is 71.9 Å². The number of amides is 1. The van der Waals surface area contributed by atoms with Crippen molar-refractivity contribution in [2.45, 2.75) is 17.7 Å². The number of benzene rings is 2. The second-order valence-electron chi connectivity index (χ2n) is 7.31. The first kappa shape index (κ1) is 19.5. The van der Waals surface area contributed by atoms with Crippen molar-refractivity contribution in [3.63, 3.8) is 0 Å². The third-order valence-corrected chi connectivity index (χ3v) is 7.29. The number of hydrogen-bond donors (Lipinski definition) is 1. The molecule has 0 bridgehead atoms. The fraction of sp³-hybridized carbons (Fsp3) is 0.273. The molecule has 1 fully saturated rings. The highest BCUT2D eigenvalue weighted by molar-refractivity contribution is 7.89. The average molecular weight is 410 g/mol. The van der Waals surface area contributed by atoms with Gasteiger partial charge in [-0.05, 0) is 53.8 Å². The predicted molar refractivity (Wildman–Crippen MR) is 112 cm³/mol. The topological polar surface area (TPSA) is 79.4 Å². The molecule has 1 amide bonds. The number of nitrogens with zero attached hydrogens (tertiary/aromatic N) is 2. The van der Waals surface area contributed by atoms with Gasteiger partial charge in [0.25, 0.3) is 5.91 Å². The first-order chi connectivity index (χ1) is 14.0. The van der Waals surface area contributed by atoms with Crippen molar-refractivity contribution in [2.24, 2.45) is 5.92 Å². The van der Waals surface area contributed by atoms with Crippen molar-refractivity contribution < 1.29 is 13.2 Å². The summed E-state index contributed by atoms with van der Waals surface area (Å²) in [4.78, 5) is 16.6. The zero-order chi connectivity index (χ0) is 20.3. The van der Waals surface area contributed by atoms with E-state index in [2.05, 4.69) is 10.3 Å². The molecule has 2 heterocycles. The molecule has 4 rings (SSSR count). The first-order valence-electron chi connectivity index (χ1n) is 9.71. The third-order valence-electron chi connectivity index (χ3n) is 5.41. The van der Waals surface area contributed by atoms with Crippen molar-refractivity contribution in [1.82, 2.24) is 14.6 Å². The first-order valence-corrected chi connectivity index (χ1v) is 11.2. The lowest BCUT2D eigenvalue weighted by atomic mass is 9.98. The van der Waals surface area contributed by atoms with Crippen LogP contribution in [0.1, 0.15) is 23.2 Å². The summed E-state index contributed by atoms with van der Waals surface area (Å²) in [5, 5.41) is 5.14. The van der Waals surface area contributed by atoms with Crippen molar-refractivity contribution in [3.8, 4) is 0 Å². The van der Waals surface area contributed by atoms with Gasteiger partial charge in [0.15, 0.2) is 0 Å². The lowest BCUT2D eigenvalue weighted by molar-refractivity contribution is 0.0941. The van der Waals surface area contributed by atoms with Gasteiger partial charge >= 0.3 is 0 Å². The number of fused-ring (bicyclic) bond motifs is 1. The summed E-state index contributed by atoms with van der Waals surface area (Å²) >= 11 is 0. The van der Waals surface area contributed by atoms with E-state index in [0.29, 0.717) is 25.2 Å². The highest BCUT2D eigenvalue weighted by atomic mass is 32.2. The highest BCUT2D eigenvalue weighted by Crippen LogP contribution is 2.23. The van der Waals surface area contributed by atoms with E-state index in [1.165, 1.54) is 10.5 Å². The van der Waals surface area contributed by atoms with Crippen LogP contribution in [-0.2, 0) is 10.0 Å². The van der Waals surface area contributed by atoms with Crippen LogP contribution in [0.5, 0.6) is 0 Å². The molecule has 0 saturated carbocycles. The fourth-order valence-electron chi connectivity index (χ4n) is 3.67. The molecule has 6 nitrogen and oxygen atoms in total. The number of nitrogens with one attached hydrogen (secondary N) is 1. The van der Waals surface area contributed by atoms with E-state index < -0.39 is 10.0 Å². The van der Waals surface area contributed by atoms with E-state index in [-0.39, 0.29) is 16.7 Å². The van der Waals surface area contributed by atoms with Gasteiger partial charge in [-0.15, -0.1) is 0 Å². The number of carbonyl (C=O) groups is 1. The average Bonchev–Trinajstić information content (AvgIpc) is 2.78. The van der Waals surface area contributed by atoms with Crippen LogP contribution >= 0.6 is 0 Å². The maximum Gasteiger partial charge on any atom is 0.251 e. The van der Waals surface area contributed by atoms with Gasteiger partial charge in [0, 0.05) is 37.6 Å². The minimum atomic E-state index is -3.50. The zero-order valence-corrected chi connectivity index (χ0v) is 16.8. The van der Waals surface area contributed by atoms with Crippen molar-refractivity contribution in [2.75, 3.05) is 19.6 Å². The molecule has 1 N–H and O–H groups in total. The Bertz CT molecular complexity index is 1110. The van der Waals surface area contributed by atoms with E-state index in [1.807, 2.05) is 42.5 Å². The summed E-state index contributed by atoms with van der Waals surface area (Å²) < 4.78 is 26.8. The van der Waals surface area contributed by atoms with Crippen LogP contribution in [0, 0.1) is 5.92 Å². The molecule has 1 aliphatic rings. The number of aromatic nitrogens is 1. The summed E-state index contributed by atoms with van der Waals surface area (Å²) in [6.45, 7) is 1.45. The van der Waals surface area contributed by atoms with Crippen molar-refractivity contribution >= 4 is 26.7 Å². The Morgan fingerprint density at radius 3 is 2.52 bits per heavy atom. The van der Waals surface area contributed by atoms with Crippen molar-refractivity contribution in [3.05, 3.63) is 72.6 Å². The Morgan fingerprint density at radius 1 is 1.03 bits per heavy atom. The van der Waals surface area contributed by atoms with E-state index in [4.69, 9.17) is 0 Å². The standard InChI is InChI=1S/C22H23N3O3S/c26-22(20-8-7-18-4-1-2-5-19(18)14-20)24-15-17-9-12-25(13-10-17)29(27,28)21-6-3-11-23-16-21/h1-8,11,14,16-17H,9-10,12-13,15H2,(H,24,26). The normalized spacial score (nSPS) is 16.0. The van der Waals surface area contributed by atoms with Crippen LogP contribution in [0.4, 0.5) is 0 Å². The second-order valence-corrected chi connectivity index (χ2v) is 9.25. The monoisotopic (exact) mass is 409 g/mol. The maximum absolute atomic E-state index is 12.7. The lowest BCUT2D eigenvalue weighted by Crippen LogP contribution is -2.41. The summed E-state index contributed by atoms with van der Waals surface area (Å²) in [6.07, 6.45) is 4.38. The number of rotatable bonds is 5. The number of sulfonamides is 1. The third kappa shape index (κ3) is 4.31. The molecule has 29 heavy (non-hydrogen) atoms. The summed E-state index contributed by atoms with van der Waals surface area (Å²) in [6, 6.07) is 16.8. The largest absolute Gasteiger partial charge is 0.352 e. The van der Waals surface area contributed by atoms with Crippen molar-refractivity contribution in [1.29, 1.82) is 0 Å². The number of hydrogen-bond acceptors (Lipinski definition) is 4. The molecular formula is C22H23N3O3S. The number of carbonyl (C=O) groups excluding carboxylic acids is 1. The second kappa shape index (κ2) is 8.31. The SMILES string of the molecule is O=C(NCC1CCN(S(=O)(=O)c2cccnc2)CC1)c1ccc2ccccc2c1. The van der Waals surface area contributed by atoms with Gasteiger partial charge in [-0.3, -0.25) is 9.78 Å². The maximum atomic E-state index is 12.7. The quantitative estimate of drug-likeness (QED) is 0.702. The molecule has 0 radical (unpaired) electrons. The zero-order valence-electron chi connectivity index (χ0n) is 16.0. The summed E-state index contributed by atoms with van der Waals surface area (Å²) in [5.41, 5.74) is 0.639. The fourth-order valence-corrected chi connectivity index (χ4v) is 5.11. The molecule has 0 atom stereocenters. The molecule has 2 aromatic carbocycles. The van der Waals surface area contributed by atoms with Crippen LogP contribution in [0.2, 0.25) is 0 Å². The minimum absolute atomic E-state index is 0.0961. The van der Waals surface area contributed by atoms with Gasteiger partial charge in [-0.25, -0.2) is 8.42 Å². The molecule has 7 heteroatoms. The molecule has 0 spiro atoms. The molecule has 1 aliphatic heterocycles. The van der Waals surface area contributed by atoms with E-state index >= 15 is 0 Å². The molecule has 1 aromatic heterocycles. The van der Waals surface area contributed by atoms with Crippen LogP contribution in [-0.4, -0.2) is 43.2 Å².